The second-order valence-corrected chi connectivity index (χ2v) is 4.52. The molecule has 1 aromatic rings. The summed E-state index contributed by atoms with van der Waals surface area (Å²) in [5.41, 5.74) is 3.33. The van der Waals surface area contributed by atoms with E-state index in [0.717, 1.165) is 22.0 Å². The van der Waals surface area contributed by atoms with Crippen molar-refractivity contribution in [2.45, 2.75) is 26.7 Å². The van der Waals surface area contributed by atoms with Crippen molar-refractivity contribution in [3.63, 3.8) is 0 Å². The van der Waals surface area contributed by atoms with Crippen LogP contribution in [0.3, 0.4) is 0 Å². The van der Waals surface area contributed by atoms with E-state index in [1.165, 1.54) is 5.56 Å². The molecule has 3 heteroatoms. The smallest absolute Gasteiger partial charge is 0.307 e. The molecule has 1 rings (SSSR count). The van der Waals surface area contributed by atoms with Crippen LogP contribution in [0.1, 0.15) is 30.9 Å². The van der Waals surface area contributed by atoms with Crippen molar-refractivity contribution in [3.8, 4) is 0 Å². The monoisotopic (exact) mass is 282 g/mol. The topological polar surface area (TPSA) is 37.3 Å². The molecule has 0 saturated heterocycles. The van der Waals surface area contributed by atoms with Gasteiger partial charge in [0.05, 0.1) is 6.42 Å². The molecule has 1 aromatic carbocycles. The maximum absolute atomic E-state index is 10.5. The van der Waals surface area contributed by atoms with Gasteiger partial charge in [-0.15, -0.1) is 0 Å². The SMILES string of the molecule is CC/C(=C\CC(=O)O)c1ccc(C)cc1Br. The van der Waals surface area contributed by atoms with E-state index in [1.807, 2.05) is 32.0 Å². The Morgan fingerprint density at radius 2 is 2.19 bits per heavy atom. The Morgan fingerprint density at radius 3 is 2.69 bits per heavy atom. The number of hydrogen-bond acceptors (Lipinski definition) is 1. The molecule has 0 aliphatic carbocycles. The second-order valence-electron chi connectivity index (χ2n) is 3.66. The molecule has 1 N–H and O–H groups in total. The maximum atomic E-state index is 10.5. The number of hydrogen-bond donors (Lipinski definition) is 1. The van der Waals surface area contributed by atoms with Crippen molar-refractivity contribution < 1.29 is 9.90 Å². The number of carboxylic acids is 1. The first-order valence-electron chi connectivity index (χ1n) is 5.22. The van der Waals surface area contributed by atoms with Crippen LogP contribution in [0.2, 0.25) is 0 Å². The van der Waals surface area contributed by atoms with E-state index >= 15 is 0 Å². The lowest BCUT2D eigenvalue weighted by atomic mass is 10.0. The Bertz CT molecular complexity index is 422. The Hall–Kier alpha value is -1.09. The summed E-state index contributed by atoms with van der Waals surface area (Å²) >= 11 is 3.51. The normalized spacial score (nSPS) is 11.6. The first kappa shape index (κ1) is 13.0. The lowest BCUT2D eigenvalue weighted by Crippen LogP contribution is -1.93. The Labute approximate surface area is 104 Å². The number of rotatable bonds is 4. The van der Waals surface area contributed by atoms with Crippen LogP contribution >= 0.6 is 15.9 Å². The highest BCUT2D eigenvalue weighted by molar-refractivity contribution is 9.10. The molecule has 0 radical (unpaired) electrons. The van der Waals surface area contributed by atoms with Gasteiger partial charge in [0.1, 0.15) is 0 Å². The fraction of sp³-hybridized carbons (Fsp3) is 0.308. The Morgan fingerprint density at radius 1 is 1.50 bits per heavy atom. The molecule has 0 aliphatic rings. The Kier molecular flexibility index (Phi) is 4.74. The molecule has 0 amide bonds. The third-order valence-corrected chi connectivity index (χ3v) is 3.03. The number of carbonyl (C=O) groups is 1. The number of benzene rings is 1. The number of aliphatic carboxylic acids is 1. The molecule has 0 atom stereocenters. The molecule has 0 heterocycles. The van der Waals surface area contributed by atoms with Gasteiger partial charge in [0.2, 0.25) is 0 Å². The molecule has 0 aliphatic heterocycles. The standard InChI is InChI=1S/C13H15BrO2/c1-3-10(5-7-13(15)16)11-6-4-9(2)8-12(11)14/h4-6,8H,3,7H2,1-2H3,(H,15,16)/b10-5+. The molecule has 0 bridgehead atoms. The maximum Gasteiger partial charge on any atom is 0.307 e. The minimum atomic E-state index is -0.797. The van der Waals surface area contributed by atoms with Gasteiger partial charge in [-0.2, -0.15) is 0 Å². The highest BCUT2D eigenvalue weighted by atomic mass is 79.9. The highest BCUT2D eigenvalue weighted by Gasteiger charge is 2.05. The summed E-state index contributed by atoms with van der Waals surface area (Å²) in [7, 11) is 0. The lowest BCUT2D eigenvalue weighted by Gasteiger charge is -2.08. The van der Waals surface area contributed by atoms with Gasteiger partial charge in [0.25, 0.3) is 0 Å². The van der Waals surface area contributed by atoms with Gasteiger partial charge in [-0.05, 0) is 36.1 Å². The summed E-state index contributed by atoms with van der Waals surface area (Å²) in [5, 5.41) is 8.66. The van der Waals surface area contributed by atoms with E-state index in [2.05, 4.69) is 15.9 Å². The predicted molar refractivity (Wildman–Crippen MR) is 69.4 cm³/mol. The van der Waals surface area contributed by atoms with Crippen molar-refractivity contribution in [2.24, 2.45) is 0 Å². The van der Waals surface area contributed by atoms with Gasteiger partial charge in [-0.1, -0.05) is 41.1 Å². The van der Waals surface area contributed by atoms with Crippen LogP contribution in [0.4, 0.5) is 0 Å². The molecular weight excluding hydrogens is 268 g/mol. The van der Waals surface area contributed by atoms with Crippen molar-refractivity contribution >= 4 is 27.5 Å². The average molecular weight is 283 g/mol. The van der Waals surface area contributed by atoms with E-state index in [4.69, 9.17) is 5.11 Å². The van der Waals surface area contributed by atoms with E-state index in [9.17, 15) is 4.79 Å². The van der Waals surface area contributed by atoms with Gasteiger partial charge in [0, 0.05) is 4.47 Å². The first-order chi connectivity index (χ1) is 7.54. The summed E-state index contributed by atoms with van der Waals surface area (Å²) in [5.74, 6) is -0.797. The van der Waals surface area contributed by atoms with Crippen LogP contribution < -0.4 is 0 Å². The molecular formula is C13H15BrO2. The molecule has 0 aromatic heterocycles. The van der Waals surface area contributed by atoms with Crippen LogP contribution in [0, 0.1) is 6.92 Å². The lowest BCUT2D eigenvalue weighted by molar-refractivity contribution is -0.135. The number of allylic oxidation sites excluding steroid dienone is 1. The van der Waals surface area contributed by atoms with Crippen LogP contribution in [-0.2, 0) is 4.79 Å². The van der Waals surface area contributed by atoms with E-state index in [1.54, 1.807) is 6.08 Å². The van der Waals surface area contributed by atoms with Gasteiger partial charge in [0.15, 0.2) is 0 Å². The van der Waals surface area contributed by atoms with E-state index < -0.39 is 5.97 Å². The first-order valence-corrected chi connectivity index (χ1v) is 6.01. The zero-order chi connectivity index (χ0) is 12.1. The molecule has 0 unspecified atom stereocenters. The largest absolute Gasteiger partial charge is 0.481 e. The molecule has 0 spiro atoms. The summed E-state index contributed by atoms with van der Waals surface area (Å²) in [4.78, 5) is 10.5. The predicted octanol–water partition coefficient (Wildman–Crippen LogP) is 4.03. The number of carboxylic acid groups (broad SMARTS) is 1. The third kappa shape index (κ3) is 3.49. The fourth-order valence-electron chi connectivity index (χ4n) is 1.54. The van der Waals surface area contributed by atoms with Gasteiger partial charge in [-0.25, -0.2) is 0 Å². The number of halogens is 1. The second kappa shape index (κ2) is 5.85. The van der Waals surface area contributed by atoms with E-state index in [-0.39, 0.29) is 6.42 Å². The fourth-order valence-corrected chi connectivity index (χ4v) is 2.28. The van der Waals surface area contributed by atoms with Crippen molar-refractivity contribution in [1.82, 2.24) is 0 Å². The molecule has 16 heavy (non-hydrogen) atoms. The van der Waals surface area contributed by atoms with Crippen LogP contribution in [-0.4, -0.2) is 11.1 Å². The average Bonchev–Trinajstić information content (AvgIpc) is 2.21. The summed E-state index contributed by atoms with van der Waals surface area (Å²) in [6, 6.07) is 6.10. The van der Waals surface area contributed by atoms with Gasteiger partial charge in [-0.3, -0.25) is 4.79 Å². The number of aryl methyl sites for hydroxylation is 1. The van der Waals surface area contributed by atoms with E-state index in [0.29, 0.717) is 0 Å². The van der Waals surface area contributed by atoms with Crippen molar-refractivity contribution in [1.29, 1.82) is 0 Å². The summed E-state index contributed by atoms with van der Waals surface area (Å²) in [6.45, 7) is 4.06. The van der Waals surface area contributed by atoms with Crippen LogP contribution in [0.15, 0.2) is 28.7 Å². The molecule has 0 fully saturated rings. The van der Waals surface area contributed by atoms with Crippen molar-refractivity contribution in [2.75, 3.05) is 0 Å². The molecule has 2 nitrogen and oxygen atoms in total. The molecule has 86 valence electrons. The quantitative estimate of drug-likeness (QED) is 0.906. The van der Waals surface area contributed by atoms with Gasteiger partial charge < -0.3 is 5.11 Å². The third-order valence-electron chi connectivity index (χ3n) is 2.37. The van der Waals surface area contributed by atoms with Gasteiger partial charge >= 0.3 is 5.97 Å². The van der Waals surface area contributed by atoms with Crippen LogP contribution in [0.25, 0.3) is 5.57 Å². The summed E-state index contributed by atoms with van der Waals surface area (Å²) < 4.78 is 1.02. The summed E-state index contributed by atoms with van der Waals surface area (Å²) in [6.07, 6.45) is 2.68. The van der Waals surface area contributed by atoms with Crippen LogP contribution in [0.5, 0.6) is 0 Å². The highest BCUT2D eigenvalue weighted by Crippen LogP contribution is 2.27. The zero-order valence-corrected chi connectivity index (χ0v) is 11.0. The minimum absolute atomic E-state index is 0.0729. The van der Waals surface area contributed by atoms with Crippen molar-refractivity contribution in [3.05, 3.63) is 39.9 Å². The molecule has 0 saturated carbocycles. The minimum Gasteiger partial charge on any atom is -0.481 e. The Balaban J connectivity index is 3.04. The zero-order valence-electron chi connectivity index (χ0n) is 9.46.